The zero-order valence-electron chi connectivity index (χ0n) is 15.3. The van der Waals surface area contributed by atoms with Crippen molar-refractivity contribution < 1.29 is 22.7 Å². The molecule has 5 nitrogen and oxygen atoms in total. The number of carbonyl (C=O) groups excluding carboxylic acids is 1. The Morgan fingerprint density at radius 1 is 1.25 bits per heavy atom. The average molecular weight is 391 g/mol. The molecule has 4 rings (SSSR count). The molecular formula is C20H20F3N3O2. The lowest BCUT2D eigenvalue weighted by molar-refractivity contribution is -0.137. The van der Waals surface area contributed by atoms with Gasteiger partial charge in [0.1, 0.15) is 18.1 Å². The van der Waals surface area contributed by atoms with Crippen LogP contribution in [0, 0.1) is 12.8 Å². The first-order chi connectivity index (χ1) is 13.3. The molecule has 2 bridgehead atoms. The lowest BCUT2D eigenvalue weighted by Crippen LogP contribution is -2.48. The highest BCUT2D eigenvalue weighted by Crippen LogP contribution is 2.43. The molecule has 148 valence electrons. The standard InChI is InChI=1S/C20H20F3N3O2/c1-12-9-25-17(10-24-12)19(27)26-15-6-5-13(7-15)18(26)11-28-16-4-2-3-14(8-16)20(21,22)23/h2-4,8-10,13,15,18H,5-7,11H2,1H3/t13?,15?,18-/m1/s1. The van der Waals surface area contributed by atoms with Crippen molar-refractivity contribution in [2.75, 3.05) is 6.61 Å². The predicted molar refractivity (Wildman–Crippen MR) is 94.8 cm³/mol. The molecular weight excluding hydrogens is 371 g/mol. The lowest BCUT2D eigenvalue weighted by atomic mass is 9.99. The Balaban J connectivity index is 1.50. The van der Waals surface area contributed by atoms with Crippen molar-refractivity contribution >= 4 is 5.91 Å². The van der Waals surface area contributed by atoms with Gasteiger partial charge in [0.05, 0.1) is 23.5 Å². The molecule has 1 aliphatic carbocycles. The van der Waals surface area contributed by atoms with Crippen molar-refractivity contribution in [3.8, 4) is 5.75 Å². The number of aromatic nitrogens is 2. The Morgan fingerprint density at radius 2 is 2.07 bits per heavy atom. The second-order valence-electron chi connectivity index (χ2n) is 7.39. The van der Waals surface area contributed by atoms with E-state index >= 15 is 0 Å². The van der Waals surface area contributed by atoms with E-state index in [0.29, 0.717) is 0 Å². The van der Waals surface area contributed by atoms with E-state index in [-0.39, 0.29) is 42.0 Å². The molecule has 1 saturated carbocycles. The molecule has 8 heteroatoms. The number of alkyl halides is 3. The number of benzene rings is 1. The number of carbonyl (C=O) groups is 1. The van der Waals surface area contributed by atoms with Crippen LogP contribution in [0.2, 0.25) is 0 Å². The molecule has 1 aromatic carbocycles. The number of likely N-dealkylation sites (tertiary alicyclic amines) is 1. The second-order valence-corrected chi connectivity index (χ2v) is 7.39. The summed E-state index contributed by atoms with van der Waals surface area (Å²) in [6.45, 7) is 1.96. The van der Waals surface area contributed by atoms with Gasteiger partial charge >= 0.3 is 6.18 Å². The molecule has 2 aromatic rings. The zero-order valence-corrected chi connectivity index (χ0v) is 15.3. The van der Waals surface area contributed by atoms with E-state index in [1.54, 1.807) is 18.0 Å². The maximum Gasteiger partial charge on any atom is 0.416 e. The van der Waals surface area contributed by atoms with Gasteiger partial charge in [-0.3, -0.25) is 9.78 Å². The molecule has 1 saturated heterocycles. The summed E-state index contributed by atoms with van der Waals surface area (Å²) in [4.78, 5) is 23.1. The van der Waals surface area contributed by atoms with Gasteiger partial charge in [0.2, 0.25) is 0 Å². The molecule has 2 aliphatic rings. The molecule has 0 radical (unpaired) electrons. The quantitative estimate of drug-likeness (QED) is 0.794. The number of hydrogen-bond acceptors (Lipinski definition) is 4. The normalized spacial score (nSPS) is 23.9. The maximum absolute atomic E-state index is 13.0. The van der Waals surface area contributed by atoms with E-state index in [9.17, 15) is 18.0 Å². The van der Waals surface area contributed by atoms with Gasteiger partial charge in [-0.25, -0.2) is 4.98 Å². The van der Waals surface area contributed by atoms with Gasteiger partial charge < -0.3 is 9.64 Å². The van der Waals surface area contributed by atoms with Crippen LogP contribution in [0.1, 0.15) is 41.0 Å². The minimum absolute atomic E-state index is 0.121. The van der Waals surface area contributed by atoms with Gasteiger partial charge in [-0.2, -0.15) is 13.2 Å². The van der Waals surface area contributed by atoms with E-state index in [2.05, 4.69) is 9.97 Å². The summed E-state index contributed by atoms with van der Waals surface area (Å²) in [5.74, 6) is 0.246. The van der Waals surface area contributed by atoms with Gasteiger partial charge in [-0.1, -0.05) is 6.07 Å². The molecule has 28 heavy (non-hydrogen) atoms. The van der Waals surface area contributed by atoms with Crippen LogP contribution in [-0.4, -0.2) is 39.5 Å². The van der Waals surface area contributed by atoms with E-state index in [1.165, 1.54) is 18.3 Å². The van der Waals surface area contributed by atoms with Crippen molar-refractivity contribution in [2.24, 2.45) is 5.92 Å². The van der Waals surface area contributed by atoms with Crippen molar-refractivity contribution in [1.29, 1.82) is 0 Å². The fraction of sp³-hybridized carbons (Fsp3) is 0.450. The number of halogens is 3. The fourth-order valence-corrected chi connectivity index (χ4v) is 4.20. The molecule has 2 heterocycles. The van der Waals surface area contributed by atoms with Crippen LogP contribution in [0.3, 0.4) is 0 Å². The Labute approximate surface area is 160 Å². The second kappa shape index (κ2) is 7.07. The fourth-order valence-electron chi connectivity index (χ4n) is 4.20. The summed E-state index contributed by atoms with van der Waals surface area (Å²) in [6.07, 6.45) is 1.41. The summed E-state index contributed by atoms with van der Waals surface area (Å²) < 4.78 is 44.4. The SMILES string of the molecule is Cc1cnc(C(=O)N2C3CCC(C3)[C@H]2COc2cccc(C(F)(F)F)c2)cn1. The Hall–Kier alpha value is -2.64. The van der Waals surface area contributed by atoms with Crippen LogP contribution in [-0.2, 0) is 6.18 Å². The number of piperidine rings is 1. The van der Waals surface area contributed by atoms with Crippen molar-refractivity contribution in [1.82, 2.24) is 14.9 Å². The van der Waals surface area contributed by atoms with Crippen molar-refractivity contribution in [3.05, 3.63) is 53.6 Å². The third-order valence-corrected chi connectivity index (χ3v) is 5.56. The third-order valence-electron chi connectivity index (χ3n) is 5.56. The van der Waals surface area contributed by atoms with Gasteiger partial charge in [0.25, 0.3) is 5.91 Å². The van der Waals surface area contributed by atoms with Crippen LogP contribution >= 0.6 is 0 Å². The van der Waals surface area contributed by atoms with E-state index in [4.69, 9.17) is 4.74 Å². The first-order valence-corrected chi connectivity index (χ1v) is 9.24. The molecule has 1 amide bonds. The Morgan fingerprint density at radius 3 is 2.79 bits per heavy atom. The smallest absolute Gasteiger partial charge is 0.416 e. The van der Waals surface area contributed by atoms with E-state index < -0.39 is 11.7 Å². The third kappa shape index (κ3) is 3.55. The first-order valence-electron chi connectivity index (χ1n) is 9.24. The van der Waals surface area contributed by atoms with Gasteiger partial charge in [0.15, 0.2) is 0 Å². The molecule has 0 spiro atoms. The first kappa shape index (κ1) is 18.7. The van der Waals surface area contributed by atoms with Crippen molar-refractivity contribution in [2.45, 2.75) is 44.4 Å². The number of ether oxygens (including phenoxy) is 1. The van der Waals surface area contributed by atoms with E-state index in [1.807, 2.05) is 0 Å². The predicted octanol–water partition coefficient (Wildman–Crippen LogP) is 3.88. The molecule has 2 unspecified atom stereocenters. The average Bonchev–Trinajstić information content (AvgIpc) is 3.27. The number of amides is 1. The van der Waals surface area contributed by atoms with Crippen LogP contribution in [0.5, 0.6) is 5.75 Å². The molecule has 0 N–H and O–H groups in total. The molecule has 3 atom stereocenters. The number of aryl methyl sites for hydroxylation is 1. The largest absolute Gasteiger partial charge is 0.491 e. The summed E-state index contributed by atoms with van der Waals surface area (Å²) in [5.41, 5.74) is 0.256. The minimum Gasteiger partial charge on any atom is -0.491 e. The number of rotatable bonds is 4. The Bertz CT molecular complexity index is 870. The van der Waals surface area contributed by atoms with Gasteiger partial charge in [-0.15, -0.1) is 0 Å². The summed E-state index contributed by atoms with van der Waals surface area (Å²) in [5, 5.41) is 0. The van der Waals surface area contributed by atoms with Crippen LogP contribution in [0.25, 0.3) is 0 Å². The van der Waals surface area contributed by atoms with Gasteiger partial charge in [0, 0.05) is 12.2 Å². The van der Waals surface area contributed by atoms with Crippen LogP contribution < -0.4 is 4.74 Å². The number of hydrogen-bond donors (Lipinski definition) is 0. The highest BCUT2D eigenvalue weighted by Gasteiger charge is 2.48. The summed E-state index contributed by atoms with van der Waals surface area (Å²) >= 11 is 0. The van der Waals surface area contributed by atoms with Crippen LogP contribution in [0.15, 0.2) is 36.7 Å². The summed E-state index contributed by atoms with van der Waals surface area (Å²) in [6, 6.07) is 4.77. The summed E-state index contributed by atoms with van der Waals surface area (Å²) in [7, 11) is 0. The monoisotopic (exact) mass is 391 g/mol. The highest BCUT2D eigenvalue weighted by molar-refractivity contribution is 5.92. The van der Waals surface area contributed by atoms with E-state index in [0.717, 1.165) is 37.1 Å². The number of fused-ring (bicyclic) bond motifs is 2. The lowest BCUT2D eigenvalue weighted by Gasteiger charge is -2.35. The van der Waals surface area contributed by atoms with Crippen LogP contribution in [0.4, 0.5) is 13.2 Å². The Kier molecular flexibility index (Phi) is 4.72. The van der Waals surface area contributed by atoms with Gasteiger partial charge in [-0.05, 0) is 50.3 Å². The molecule has 2 fully saturated rings. The minimum atomic E-state index is -4.42. The zero-order chi connectivity index (χ0) is 19.9. The topological polar surface area (TPSA) is 55.3 Å². The molecule has 1 aliphatic heterocycles. The number of nitrogens with zero attached hydrogens (tertiary/aromatic N) is 3. The maximum atomic E-state index is 13.0. The van der Waals surface area contributed by atoms with Crippen molar-refractivity contribution in [3.63, 3.8) is 0 Å². The highest BCUT2D eigenvalue weighted by atomic mass is 19.4. The molecule has 1 aromatic heterocycles.